The van der Waals surface area contributed by atoms with Gasteiger partial charge in [0.05, 0.1) is 5.56 Å². The molecule has 0 atom stereocenters. The fourth-order valence-corrected chi connectivity index (χ4v) is 2.03. The van der Waals surface area contributed by atoms with Crippen molar-refractivity contribution in [1.29, 1.82) is 0 Å². The number of carbonyl (C=O) groups excluding carboxylic acids is 2. The van der Waals surface area contributed by atoms with E-state index in [4.69, 9.17) is 9.47 Å². The van der Waals surface area contributed by atoms with E-state index in [-0.39, 0.29) is 11.3 Å². The summed E-state index contributed by atoms with van der Waals surface area (Å²) in [4.78, 5) is 23.5. The van der Waals surface area contributed by atoms with Crippen LogP contribution in [-0.4, -0.2) is 17.7 Å². The number of halogens is 3. The molecule has 124 valence electrons. The molecular formula is C15H14F3NO4. The summed E-state index contributed by atoms with van der Waals surface area (Å²) in [6.45, 7) is 4.07. The van der Waals surface area contributed by atoms with Crippen LogP contribution in [0.2, 0.25) is 0 Å². The minimum absolute atomic E-state index is 0.0604. The van der Waals surface area contributed by atoms with Gasteiger partial charge < -0.3 is 14.8 Å². The number of nitrogens with one attached hydrogen (secondary N) is 1. The van der Waals surface area contributed by atoms with Crippen molar-refractivity contribution in [3.63, 3.8) is 0 Å². The molecule has 0 saturated carbocycles. The Balaban J connectivity index is 2.27. The van der Waals surface area contributed by atoms with Crippen molar-refractivity contribution in [2.24, 2.45) is 0 Å². The van der Waals surface area contributed by atoms with Gasteiger partial charge in [-0.25, -0.2) is 9.59 Å². The summed E-state index contributed by atoms with van der Waals surface area (Å²) in [6, 6.07) is 3.56. The summed E-state index contributed by atoms with van der Waals surface area (Å²) < 4.78 is 48.3. The lowest BCUT2D eigenvalue weighted by molar-refractivity contribution is -0.222. The van der Waals surface area contributed by atoms with Crippen molar-refractivity contribution in [2.75, 3.05) is 5.32 Å². The molecule has 1 aromatic rings. The van der Waals surface area contributed by atoms with Crippen molar-refractivity contribution in [3.05, 3.63) is 41.1 Å². The lowest BCUT2D eigenvalue weighted by Gasteiger charge is -2.29. The van der Waals surface area contributed by atoms with Crippen molar-refractivity contribution in [1.82, 2.24) is 0 Å². The van der Waals surface area contributed by atoms with Gasteiger partial charge in [0.25, 0.3) is 5.79 Å². The zero-order valence-electron chi connectivity index (χ0n) is 12.6. The molecule has 1 heterocycles. The van der Waals surface area contributed by atoms with Crippen LogP contribution >= 0.6 is 0 Å². The van der Waals surface area contributed by atoms with E-state index < -0.39 is 35.0 Å². The maximum Gasteiger partial charge on any atom is 0.416 e. The quantitative estimate of drug-likeness (QED) is 0.513. The first-order chi connectivity index (χ1) is 10.5. The highest BCUT2D eigenvalue weighted by Gasteiger charge is 2.39. The van der Waals surface area contributed by atoms with Crippen LogP contribution in [0.4, 0.5) is 18.9 Å². The molecule has 0 aliphatic carbocycles. The number of hydrogen-bond donors (Lipinski definition) is 1. The van der Waals surface area contributed by atoms with Crippen LogP contribution in [-0.2, 0) is 25.2 Å². The fraction of sp³-hybridized carbons (Fsp3) is 0.333. The molecule has 1 aromatic carbocycles. The van der Waals surface area contributed by atoms with Crippen molar-refractivity contribution >= 4 is 17.6 Å². The Kier molecular flexibility index (Phi) is 4.10. The second-order valence-corrected chi connectivity index (χ2v) is 5.36. The third-order valence-corrected chi connectivity index (χ3v) is 3.13. The minimum Gasteiger partial charge on any atom is -0.419 e. The van der Waals surface area contributed by atoms with Crippen LogP contribution in [0.5, 0.6) is 0 Å². The Morgan fingerprint density at radius 1 is 1.13 bits per heavy atom. The van der Waals surface area contributed by atoms with E-state index in [0.717, 1.165) is 12.3 Å². The summed E-state index contributed by atoms with van der Waals surface area (Å²) in [5, 5.41) is 2.52. The standard InChI is InChI=1S/C15H14F3NO4/c1-8-10(15(16,17)18)5-4-6-11(8)19-7-9-12(20)22-14(2,3)23-13(9)21/h4-7,19H,1-3H3. The molecule has 0 radical (unpaired) electrons. The molecule has 8 heteroatoms. The number of hydrogen-bond acceptors (Lipinski definition) is 5. The molecule has 1 saturated heterocycles. The van der Waals surface area contributed by atoms with Gasteiger partial charge in [-0.15, -0.1) is 0 Å². The summed E-state index contributed by atoms with van der Waals surface area (Å²) >= 11 is 0. The molecule has 1 aliphatic rings. The van der Waals surface area contributed by atoms with Crippen molar-refractivity contribution in [3.8, 4) is 0 Å². The number of carbonyl (C=O) groups is 2. The maximum atomic E-state index is 12.8. The van der Waals surface area contributed by atoms with Gasteiger partial charge in [0.2, 0.25) is 0 Å². The topological polar surface area (TPSA) is 64.6 Å². The monoisotopic (exact) mass is 329 g/mol. The first-order valence-electron chi connectivity index (χ1n) is 6.61. The summed E-state index contributed by atoms with van der Waals surface area (Å²) in [6.07, 6.45) is -3.52. The molecule has 1 fully saturated rings. The molecular weight excluding hydrogens is 315 g/mol. The summed E-state index contributed by atoms with van der Waals surface area (Å²) in [5.41, 5.74) is -1.19. The van der Waals surface area contributed by atoms with Gasteiger partial charge in [0, 0.05) is 25.7 Å². The van der Waals surface area contributed by atoms with Crippen molar-refractivity contribution in [2.45, 2.75) is 32.7 Å². The van der Waals surface area contributed by atoms with Crippen LogP contribution < -0.4 is 5.32 Å². The molecule has 23 heavy (non-hydrogen) atoms. The predicted molar refractivity (Wildman–Crippen MR) is 74.1 cm³/mol. The average Bonchev–Trinajstić information content (AvgIpc) is 2.36. The van der Waals surface area contributed by atoms with Crippen LogP contribution in [0.25, 0.3) is 0 Å². The van der Waals surface area contributed by atoms with Gasteiger partial charge in [-0.2, -0.15) is 13.2 Å². The van der Waals surface area contributed by atoms with E-state index in [9.17, 15) is 22.8 Å². The smallest absolute Gasteiger partial charge is 0.416 e. The van der Waals surface area contributed by atoms with Crippen molar-refractivity contribution < 1.29 is 32.2 Å². The Bertz CT molecular complexity index is 670. The number of esters is 2. The second kappa shape index (κ2) is 5.60. The third kappa shape index (κ3) is 3.64. The Morgan fingerprint density at radius 2 is 1.70 bits per heavy atom. The third-order valence-electron chi connectivity index (χ3n) is 3.13. The van der Waals surface area contributed by atoms with Gasteiger partial charge in [-0.3, -0.25) is 0 Å². The van der Waals surface area contributed by atoms with E-state index in [1.165, 1.54) is 32.9 Å². The first-order valence-corrected chi connectivity index (χ1v) is 6.61. The van der Waals surface area contributed by atoms with Gasteiger partial charge in [0.1, 0.15) is 0 Å². The largest absolute Gasteiger partial charge is 0.419 e. The average molecular weight is 329 g/mol. The molecule has 1 aliphatic heterocycles. The number of benzene rings is 1. The Morgan fingerprint density at radius 3 is 2.22 bits per heavy atom. The molecule has 0 unspecified atom stereocenters. The van der Waals surface area contributed by atoms with Gasteiger partial charge in [-0.05, 0) is 24.6 Å². The lowest BCUT2D eigenvalue weighted by Crippen LogP contribution is -2.42. The molecule has 0 aromatic heterocycles. The highest BCUT2D eigenvalue weighted by molar-refractivity contribution is 6.15. The summed E-state index contributed by atoms with van der Waals surface area (Å²) in [7, 11) is 0. The van der Waals surface area contributed by atoms with Crippen LogP contribution in [0, 0.1) is 6.92 Å². The van der Waals surface area contributed by atoms with Crippen LogP contribution in [0.15, 0.2) is 30.0 Å². The van der Waals surface area contributed by atoms with E-state index in [1.807, 2.05) is 0 Å². The van der Waals surface area contributed by atoms with E-state index in [1.54, 1.807) is 0 Å². The predicted octanol–water partition coefficient (Wildman–Crippen LogP) is 3.15. The highest BCUT2D eigenvalue weighted by Crippen LogP contribution is 2.34. The number of cyclic esters (lactones) is 2. The number of anilines is 1. The molecule has 1 N–H and O–H groups in total. The Labute approximate surface area is 130 Å². The number of ether oxygens (including phenoxy) is 2. The lowest BCUT2D eigenvalue weighted by atomic mass is 10.1. The molecule has 2 rings (SSSR count). The molecule has 0 amide bonds. The van der Waals surface area contributed by atoms with Gasteiger partial charge in [-0.1, -0.05) is 6.07 Å². The van der Waals surface area contributed by atoms with E-state index in [0.29, 0.717) is 0 Å². The molecule has 5 nitrogen and oxygen atoms in total. The Hall–Kier alpha value is -2.51. The zero-order chi connectivity index (χ0) is 17.4. The second-order valence-electron chi connectivity index (χ2n) is 5.36. The first kappa shape index (κ1) is 16.9. The van der Waals surface area contributed by atoms with E-state index >= 15 is 0 Å². The summed E-state index contributed by atoms with van der Waals surface area (Å²) in [5.74, 6) is -3.20. The zero-order valence-corrected chi connectivity index (χ0v) is 12.6. The number of alkyl halides is 3. The van der Waals surface area contributed by atoms with Gasteiger partial charge in [0.15, 0.2) is 5.57 Å². The normalized spacial score (nSPS) is 17.4. The van der Waals surface area contributed by atoms with Gasteiger partial charge >= 0.3 is 18.1 Å². The minimum atomic E-state index is -4.50. The molecule has 0 spiro atoms. The number of rotatable bonds is 2. The van der Waals surface area contributed by atoms with Crippen LogP contribution in [0.3, 0.4) is 0 Å². The molecule has 0 bridgehead atoms. The SMILES string of the molecule is Cc1c(NC=C2C(=O)OC(C)(C)OC2=O)cccc1C(F)(F)F. The van der Waals surface area contributed by atoms with Crippen LogP contribution in [0.1, 0.15) is 25.0 Å². The van der Waals surface area contributed by atoms with E-state index in [2.05, 4.69) is 5.32 Å². The maximum absolute atomic E-state index is 12.8. The fourth-order valence-electron chi connectivity index (χ4n) is 2.03. The highest BCUT2D eigenvalue weighted by atomic mass is 19.4.